The van der Waals surface area contributed by atoms with Crippen molar-refractivity contribution in [3.8, 4) is 5.75 Å². The molecule has 3 atom stereocenters. The molecule has 29 heavy (non-hydrogen) atoms. The van der Waals surface area contributed by atoms with Crippen molar-refractivity contribution in [2.75, 3.05) is 0 Å². The van der Waals surface area contributed by atoms with Crippen LogP contribution in [0.3, 0.4) is 0 Å². The van der Waals surface area contributed by atoms with Crippen LogP contribution in [-0.2, 0) is 16.0 Å². The summed E-state index contributed by atoms with van der Waals surface area (Å²) in [4.78, 5) is 24.1. The van der Waals surface area contributed by atoms with Crippen LogP contribution in [0, 0.1) is 11.8 Å². The molecule has 0 spiro atoms. The number of benzene rings is 1. The quantitative estimate of drug-likeness (QED) is 0.551. The third-order valence-electron chi connectivity index (χ3n) is 5.65. The molecule has 5 nitrogen and oxygen atoms in total. The Morgan fingerprint density at radius 1 is 1.17 bits per heavy atom. The Morgan fingerprint density at radius 2 is 1.97 bits per heavy atom. The maximum Gasteiger partial charge on any atom is 0.338 e. The topological polar surface area (TPSA) is 65.7 Å². The lowest BCUT2D eigenvalue weighted by atomic mass is 9.90. The molecule has 5 heteroatoms. The van der Waals surface area contributed by atoms with Crippen LogP contribution in [0.5, 0.6) is 5.75 Å². The monoisotopic (exact) mass is 394 g/mol. The van der Waals surface area contributed by atoms with Gasteiger partial charge < -0.3 is 13.9 Å². The number of hydrogen-bond donors (Lipinski definition) is 0. The Labute approximate surface area is 170 Å². The fourth-order valence-electron chi connectivity index (χ4n) is 3.87. The molecule has 1 saturated carbocycles. The van der Waals surface area contributed by atoms with E-state index >= 15 is 0 Å². The van der Waals surface area contributed by atoms with Crippen LogP contribution in [0.4, 0.5) is 0 Å². The highest BCUT2D eigenvalue weighted by Gasteiger charge is 2.41. The third kappa shape index (κ3) is 3.74. The number of hydrogen-bond acceptors (Lipinski definition) is 5. The summed E-state index contributed by atoms with van der Waals surface area (Å²) >= 11 is 0. The average Bonchev–Trinajstić information content (AvgIpc) is 3.47. The molecular formula is C24H26O5. The Hall–Kier alpha value is -2.82. The number of rotatable bonds is 2. The summed E-state index contributed by atoms with van der Waals surface area (Å²) in [5.41, 5.74) is 0.978. The van der Waals surface area contributed by atoms with Gasteiger partial charge in [0.25, 0.3) is 0 Å². The van der Waals surface area contributed by atoms with Gasteiger partial charge in [-0.3, -0.25) is 0 Å². The fourth-order valence-corrected chi connectivity index (χ4v) is 3.87. The smallest absolute Gasteiger partial charge is 0.338 e. The molecular weight excluding hydrogens is 368 g/mol. The van der Waals surface area contributed by atoms with Gasteiger partial charge in [-0.25, -0.2) is 9.59 Å². The first kappa shape index (κ1) is 19.5. The van der Waals surface area contributed by atoms with E-state index < -0.39 is 17.3 Å². The van der Waals surface area contributed by atoms with Crippen molar-refractivity contribution in [3.05, 3.63) is 64.1 Å². The van der Waals surface area contributed by atoms with E-state index in [-0.39, 0.29) is 5.97 Å². The molecule has 1 aliphatic heterocycles. The van der Waals surface area contributed by atoms with Crippen LogP contribution >= 0.6 is 0 Å². The molecule has 2 heterocycles. The Morgan fingerprint density at radius 3 is 2.72 bits per heavy atom. The Kier molecular flexibility index (Phi) is 4.85. The van der Waals surface area contributed by atoms with Gasteiger partial charge in [0.2, 0.25) is 0 Å². The predicted molar refractivity (Wildman–Crippen MR) is 111 cm³/mol. The van der Waals surface area contributed by atoms with Crippen LogP contribution in [0.1, 0.15) is 39.7 Å². The van der Waals surface area contributed by atoms with Gasteiger partial charge in [-0.2, -0.15) is 0 Å². The van der Waals surface area contributed by atoms with Gasteiger partial charge in [0.1, 0.15) is 23.0 Å². The highest BCUT2D eigenvalue weighted by Crippen LogP contribution is 2.44. The van der Waals surface area contributed by atoms with Crippen LogP contribution in [0.15, 0.2) is 57.3 Å². The molecule has 0 amide bonds. The number of ether oxygens (including phenoxy) is 2. The van der Waals surface area contributed by atoms with Gasteiger partial charge in [0.15, 0.2) is 0 Å². The summed E-state index contributed by atoms with van der Waals surface area (Å²) in [6, 6.07) is 6.79. The first-order valence-electron chi connectivity index (χ1n) is 10.3. The zero-order chi connectivity index (χ0) is 20.8. The lowest BCUT2D eigenvalue weighted by Crippen LogP contribution is -2.49. The number of esters is 1. The van der Waals surface area contributed by atoms with Gasteiger partial charge in [0, 0.05) is 23.9 Å². The predicted octanol–water partition coefficient (Wildman–Crippen LogP) is 4.58. The lowest BCUT2D eigenvalue weighted by Gasteiger charge is -2.39. The average molecular weight is 394 g/mol. The summed E-state index contributed by atoms with van der Waals surface area (Å²) in [5.74, 6) is 1.46. The van der Waals surface area contributed by atoms with E-state index in [0.29, 0.717) is 35.2 Å². The van der Waals surface area contributed by atoms with E-state index in [1.54, 1.807) is 12.1 Å². The van der Waals surface area contributed by atoms with Gasteiger partial charge in [0.05, 0.1) is 5.57 Å². The summed E-state index contributed by atoms with van der Waals surface area (Å²) in [5, 5.41) is 0.819. The number of carbonyl (C=O) groups is 1. The van der Waals surface area contributed by atoms with Crippen LogP contribution < -0.4 is 10.4 Å². The molecule has 1 fully saturated rings. The van der Waals surface area contributed by atoms with Crippen molar-refractivity contribution in [2.24, 2.45) is 11.8 Å². The maximum absolute atomic E-state index is 12.6. The normalized spacial score (nSPS) is 25.5. The van der Waals surface area contributed by atoms with Crippen LogP contribution in [0.2, 0.25) is 0 Å². The second-order valence-electron chi connectivity index (χ2n) is 8.10. The minimum atomic E-state index is -0.688. The minimum absolute atomic E-state index is 0.298. The van der Waals surface area contributed by atoms with E-state index in [9.17, 15) is 9.59 Å². The van der Waals surface area contributed by atoms with E-state index in [2.05, 4.69) is 6.08 Å². The molecule has 1 aromatic heterocycles. The molecule has 2 aromatic rings. The second kappa shape index (κ2) is 7.21. The Balaban J connectivity index is 0.000000994. The molecule has 152 valence electrons. The van der Waals surface area contributed by atoms with Crippen molar-refractivity contribution in [3.63, 3.8) is 0 Å². The standard InChI is InChI=1S/C22H20O5.C2H6/c1-22(2)19(26-21(24)14-4-3-12-7-15(12)9-14)10-16-8-13-5-6-20(23)25-17(13)11-18(16)27-22;1-2/h3-6,8-9,11-12,15,19H,7,10H2,1-2H3;1-2H3/t12?,15?,19-;/m0./s1. The first-order chi connectivity index (χ1) is 13.9. The first-order valence-corrected chi connectivity index (χ1v) is 10.3. The van der Waals surface area contributed by atoms with Gasteiger partial charge in [-0.15, -0.1) is 0 Å². The summed E-state index contributed by atoms with van der Waals surface area (Å²) in [6.45, 7) is 7.81. The van der Waals surface area contributed by atoms with E-state index in [4.69, 9.17) is 13.9 Å². The summed E-state index contributed by atoms with van der Waals surface area (Å²) < 4.78 is 17.2. The molecule has 0 radical (unpaired) electrons. The van der Waals surface area contributed by atoms with Crippen molar-refractivity contribution in [1.29, 1.82) is 0 Å². The van der Waals surface area contributed by atoms with Crippen LogP contribution in [-0.4, -0.2) is 17.7 Å². The van der Waals surface area contributed by atoms with Crippen LogP contribution in [0.25, 0.3) is 11.0 Å². The van der Waals surface area contributed by atoms with Gasteiger partial charge >= 0.3 is 11.6 Å². The molecule has 2 aliphatic carbocycles. The number of fused-ring (bicyclic) bond motifs is 3. The highest BCUT2D eigenvalue weighted by molar-refractivity contribution is 5.92. The fraction of sp³-hybridized carbons (Fsp3) is 0.417. The minimum Gasteiger partial charge on any atom is -0.484 e. The zero-order valence-electron chi connectivity index (χ0n) is 17.2. The van der Waals surface area contributed by atoms with E-state index in [1.165, 1.54) is 6.07 Å². The molecule has 0 bridgehead atoms. The summed E-state index contributed by atoms with van der Waals surface area (Å²) in [6.07, 6.45) is 7.26. The molecule has 2 unspecified atom stereocenters. The van der Waals surface area contributed by atoms with Gasteiger partial charge in [-0.1, -0.05) is 32.1 Å². The third-order valence-corrected chi connectivity index (χ3v) is 5.65. The van der Waals surface area contributed by atoms with E-state index in [0.717, 1.165) is 17.4 Å². The Bertz CT molecular complexity index is 1070. The molecule has 0 N–H and O–H groups in total. The summed E-state index contributed by atoms with van der Waals surface area (Å²) in [7, 11) is 0. The van der Waals surface area contributed by atoms with Crippen molar-refractivity contribution in [2.45, 2.75) is 52.2 Å². The molecule has 3 aliphatic rings. The van der Waals surface area contributed by atoms with E-state index in [1.807, 2.05) is 45.9 Å². The SMILES string of the molecule is CC.CC1(C)Oc2cc3oc(=O)ccc3cc2C[C@@H]1OC(=O)C1=CC2CC2C=C1. The molecule has 5 rings (SSSR count). The number of allylic oxidation sites excluding steroid dienone is 2. The maximum atomic E-state index is 12.6. The number of carbonyl (C=O) groups excluding carboxylic acids is 1. The van der Waals surface area contributed by atoms with Crippen molar-refractivity contribution >= 4 is 16.9 Å². The van der Waals surface area contributed by atoms with Crippen molar-refractivity contribution < 1.29 is 18.7 Å². The molecule has 0 saturated heterocycles. The lowest BCUT2D eigenvalue weighted by molar-refractivity contribution is -0.156. The molecule has 1 aromatic carbocycles. The largest absolute Gasteiger partial charge is 0.484 e. The highest BCUT2D eigenvalue weighted by atomic mass is 16.6. The van der Waals surface area contributed by atoms with Gasteiger partial charge in [-0.05, 0) is 49.8 Å². The zero-order valence-corrected chi connectivity index (χ0v) is 17.2. The second-order valence-corrected chi connectivity index (χ2v) is 8.10. The van der Waals surface area contributed by atoms with Crippen molar-refractivity contribution in [1.82, 2.24) is 0 Å².